The van der Waals surface area contributed by atoms with Crippen LogP contribution < -0.4 is 15.8 Å². The molecule has 0 fully saturated rings. The molecule has 9 heteroatoms. The highest BCUT2D eigenvalue weighted by Crippen LogP contribution is 2.32. The lowest BCUT2D eigenvalue weighted by Gasteiger charge is -2.29. The zero-order valence-electron chi connectivity index (χ0n) is 14.9. The highest BCUT2D eigenvalue weighted by Gasteiger charge is 2.29. The van der Waals surface area contributed by atoms with E-state index in [1.807, 2.05) is 13.8 Å². The number of thioether (sulfide) groups is 1. The predicted octanol–water partition coefficient (Wildman–Crippen LogP) is 2.63. The molecule has 2 heterocycles. The van der Waals surface area contributed by atoms with Gasteiger partial charge in [-0.25, -0.2) is 4.68 Å². The molecule has 0 unspecified atom stereocenters. The van der Waals surface area contributed by atoms with Crippen LogP contribution in [0.3, 0.4) is 0 Å². The normalized spacial score (nSPS) is 13.6. The molecule has 1 aromatic heterocycles. The van der Waals surface area contributed by atoms with Crippen molar-refractivity contribution >= 4 is 46.6 Å². The van der Waals surface area contributed by atoms with Crippen molar-refractivity contribution in [3.63, 3.8) is 0 Å². The molecule has 0 radical (unpaired) electrons. The quantitative estimate of drug-likeness (QED) is 0.825. The van der Waals surface area contributed by atoms with Crippen molar-refractivity contribution in [2.24, 2.45) is 5.92 Å². The zero-order valence-corrected chi connectivity index (χ0v) is 16.5. The van der Waals surface area contributed by atoms with Gasteiger partial charge in [-0.05, 0) is 30.2 Å². The van der Waals surface area contributed by atoms with Gasteiger partial charge in [-0.3, -0.25) is 14.4 Å². The topological polar surface area (TPSA) is 84.3 Å². The van der Waals surface area contributed by atoms with E-state index in [0.717, 1.165) is 4.68 Å². The number of rotatable bonds is 5. The Hall–Kier alpha value is -2.32. The van der Waals surface area contributed by atoms with Crippen molar-refractivity contribution in [1.29, 1.82) is 0 Å². The van der Waals surface area contributed by atoms with E-state index < -0.39 is 11.5 Å². The van der Waals surface area contributed by atoms with Crippen LogP contribution in [0.1, 0.15) is 13.8 Å². The smallest absolute Gasteiger partial charge is 0.292 e. The van der Waals surface area contributed by atoms with Gasteiger partial charge in [0.25, 0.3) is 5.56 Å². The van der Waals surface area contributed by atoms with Gasteiger partial charge in [0.05, 0.1) is 16.8 Å². The van der Waals surface area contributed by atoms with Crippen molar-refractivity contribution in [2.45, 2.75) is 25.3 Å². The number of carbonyl (C=O) groups is 2. The zero-order chi connectivity index (χ0) is 19.6. The van der Waals surface area contributed by atoms with Crippen molar-refractivity contribution < 1.29 is 9.59 Å². The Morgan fingerprint density at radius 1 is 1.30 bits per heavy atom. The number of benzene rings is 1. The van der Waals surface area contributed by atoms with E-state index in [-0.39, 0.29) is 24.1 Å². The van der Waals surface area contributed by atoms with Crippen LogP contribution in [0.5, 0.6) is 0 Å². The molecule has 1 aliphatic rings. The fraction of sp³-hybridized carbons (Fsp3) is 0.333. The Bertz CT molecular complexity index is 927. The van der Waals surface area contributed by atoms with Crippen molar-refractivity contribution in [1.82, 2.24) is 9.78 Å². The van der Waals surface area contributed by atoms with Gasteiger partial charge in [-0.15, -0.1) is 11.8 Å². The van der Waals surface area contributed by atoms with Gasteiger partial charge in [-0.1, -0.05) is 25.4 Å². The summed E-state index contributed by atoms with van der Waals surface area (Å²) in [6.07, 6.45) is 1.54. The van der Waals surface area contributed by atoms with Gasteiger partial charge < -0.3 is 10.2 Å². The van der Waals surface area contributed by atoms with Crippen LogP contribution in [0, 0.1) is 5.92 Å². The Morgan fingerprint density at radius 2 is 2.00 bits per heavy atom. The van der Waals surface area contributed by atoms with Crippen molar-refractivity contribution in [2.75, 3.05) is 22.5 Å². The third-order valence-corrected chi connectivity index (χ3v) is 5.13. The average Bonchev–Trinajstić information content (AvgIpc) is 2.61. The number of fused-ring (bicyclic) bond motifs is 1. The molecule has 0 aliphatic carbocycles. The van der Waals surface area contributed by atoms with Gasteiger partial charge in [0.15, 0.2) is 0 Å². The summed E-state index contributed by atoms with van der Waals surface area (Å²) < 4.78 is 1.08. The molecule has 0 bridgehead atoms. The van der Waals surface area contributed by atoms with Crippen LogP contribution in [0.25, 0.3) is 0 Å². The average molecular weight is 407 g/mol. The van der Waals surface area contributed by atoms with Crippen LogP contribution >= 0.6 is 23.4 Å². The number of carbonyl (C=O) groups excluding carboxylic acids is 2. The Labute approximate surface area is 165 Å². The number of hydrogen-bond donors (Lipinski definition) is 1. The van der Waals surface area contributed by atoms with Crippen molar-refractivity contribution in [3.8, 4) is 0 Å². The molecule has 0 spiro atoms. The van der Waals surface area contributed by atoms with Gasteiger partial charge in [0.2, 0.25) is 11.8 Å². The Kier molecular flexibility index (Phi) is 5.86. The minimum Gasteiger partial charge on any atom is -0.324 e. The van der Waals surface area contributed by atoms with E-state index in [1.165, 1.54) is 22.9 Å². The maximum atomic E-state index is 12.9. The van der Waals surface area contributed by atoms with Gasteiger partial charge in [0, 0.05) is 17.3 Å². The molecule has 1 aromatic carbocycles. The monoisotopic (exact) mass is 406 g/mol. The minimum absolute atomic E-state index is 0.110. The highest BCUT2D eigenvalue weighted by molar-refractivity contribution is 8.00. The van der Waals surface area contributed by atoms with E-state index in [0.29, 0.717) is 27.8 Å². The summed E-state index contributed by atoms with van der Waals surface area (Å²) >= 11 is 7.12. The molecule has 2 amide bonds. The summed E-state index contributed by atoms with van der Waals surface area (Å²) in [4.78, 5) is 39.6. The van der Waals surface area contributed by atoms with Crippen LogP contribution in [0.15, 0.2) is 40.2 Å². The summed E-state index contributed by atoms with van der Waals surface area (Å²) in [7, 11) is 0. The molecule has 27 heavy (non-hydrogen) atoms. The maximum Gasteiger partial charge on any atom is 0.292 e. The standard InChI is InChI=1S/C18H19ClN4O3S/c1-11(2)8-22-16(25)10-27-14-7-20-23(18(26)17(14)22)9-15(24)21-13-5-3-12(19)4-6-13/h3-7,11H,8-10H2,1-2H3,(H,21,24). The van der Waals surface area contributed by atoms with Crippen LogP contribution in [-0.4, -0.2) is 33.9 Å². The number of nitrogens with one attached hydrogen (secondary N) is 1. The van der Waals surface area contributed by atoms with E-state index in [1.54, 1.807) is 24.3 Å². The number of aromatic nitrogens is 2. The summed E-state index contributed by atoms with van der Waals surface area (Å²) in [5.74, 6) is -0.0140. The number of hydrogen-bond acceptors (Lipinski definition) is 5. The number of amides is 2. The van der Waals surface area contributed by atoms with Crippen molar-refractivity contribution in [3.05, 3.63) is 45.8 Å². The molecule has 142 valence electrons. The first-order chi connectivity index (χ1) is 12.8. The number of anilines is 2. The molecule has 1 N–H and O–H groups in total. The fourth-order valence-electron chi connectivity index (χ4n) is 2.70. The SMILES string of the molecule is CC(C)CN1C(=O)CSc2cnn(CC(=O)Nc3ccc(Cl)cc3)c(=O)c21. The summed E-state index contributed by atoms with van der Waals surface area (Å²) in [6.45, 7) is 4.16. The molecular formula is C18H19ClN4O3S. The fourth-order valence-corrected chi connectivity index (χ4v) is 3.72. The molecular weight excluding hydrogens is 388 g/mol. The van der Waals surface area contributed by atoms with E-state index in [4.69, 9.17) is 11.6 Å². The highest BCUT2D eigenvalue weighted by atomic mass is 35.5. The van der Waals surface area contributed by atoms with Gasteiger partial charge >= 0.3 is 0 Å². The molecule has 1 aliphatic heterocycles. The minimum atomic E-state index is -0.444. The third-order valence-electron chi connectivity index (χ3n) is 3.88. The maximum absolute atomic E-state index is 12.9. The second-order valence-electron chi connectivity index (χ2n) is 6.56. The number of halogens is 1. The van der Waals surface area contributed by atoms with Gasteiger partial charge in [-0.2, -0.15) is 5.10 Å². The molecule has 0 saturated heterocycles. The molecule has 0 saturated carbocycles. The molecule has 2 aromatic rings. The van der Waals surface area contributed by atoms with E-state index in [9.17, 15) is 14.4 Å². The molecule has 3 rings (SSSR count). The number of nitrogens with zero attached hydrogens (tertiary/aromatic N) is 3. The third kappa shape index (κ3) is 4.51. The molecule has 7 nitrogen and oxygen atoms in total. The van der Waals surface area contributed by atoms with E-state index >= 15 is 0 Å². The Balaban J connectivity index is 1.84. The first-order valence-corrected chi connectivity index (χ1v) is 9.80. The first kappa shape index (κ1) is 19.4. The lowest BCUT2D eigenvalue weighted by atomic mass is 10.2. The summed E-state index contributed by atoms with van der Waals surface area (Å²) in [5, 5.41) is 7.35. The Morgan fingerprint density at radius 3 is 2.67 bits per heavy atom. The van der Waals surface area contributed by atoms with Gasteiger partial charge in [0.1, 0.15) is 12.2 Å². The molecule has 0 atom stereocenters. The van der Waals surface area contributed by atoms with Crippen LogP contribution in [0.4, 0.5) is 11.4 Å². The second-order valence-corrected chi connectivity index (χ2v) is 8.02. The lowest BCUT2D eigenvalue weighted by Crippen LogP contribution is -2.44. The summed E-state index contributed by atoms with van der Waals surface area (Å²) in [6, 6.07) is 6.66. The predicted molar refractivity (Wildman–Crippen MR) is 106 cm³/mol. The first-order valence-electron chi connectivity index (χ1n) is 8.44. The van der Waals surface area contributed by atoms with Crippen LogP contribution in [0.2, 0.25) is 5.02 Å². The largest absolute Gasteiger partial charge is 0.324 e. The van der Waals surface area contributed by atoms with Crippen LogP contribution in [-0.2, 0) is 16.1 Å². The van der Waals surface area contributed by atoms with E-state index in [2.05, 4.69) is 10.4 Å². The summed E-state index contributed by atoms with van der Waals surface area (Å²) in [5.41, 5.74) is 0.432. The second kappa shape index (κ2) is 8.14. The lowest BCUT2D eigenvalue weighted by molar-refractivity contribution is -0.117.